The molecule has 8 nitrogen and oxygen atoms in total. The summed E-state index contributed by atoms with van der Waals surface area (Å²) in [6, 6.07) is 31.8. The number of hydrogen-bond donors (Lipinski definition) is 3. The first-order valence-electron chi connectivity index (χ1n) is 17.4. The first kappa shape index (κ1) is 34.6. The summed E-state index contributed by atoms with van der Waals surface area (Å²) in [6.07, 6.45) is 7.80. The van der Waals surface area contributed by atoms with Crippen LogP contribution in [0.2, 0.25) is 5.02 Å². The third-order valence-electron chi connectivity index (χ3n) is 10.4. The maximum Gasteiger partial charge on any atom is 0.315 e. The van der Waals surface area contributed by atoms with Crippen LogP contribution in [-0.4, -0.2) is 77.1 Å². The fourth-order valence-electron chi connectivity index (χ4n) is 7.43. The molecule has 2 fully saturated rings. The van der Waals surface area contributed by atoms with Crippen LogP contribution in [0.3, 0.4) is 0 Å². The van der Waals surface area contributed by atoms with Crippen LogP contribution < -0.4 is 10.6 Å². The lowest BCUT2D eigenvalue weighted by Gasteiger charge is -2.40. The maximum absolute atomic E-state index is 13.4. The first-order chi connectivity index (χ1) is 23.8. The largest absolute Gasteiger partial charge is 0.385 e. The number of halogens is 1. The minimum absolute atomic E-state index is 0.00241. The van der Waals surface area contributed by atoms with Crippen molar-refractivity contribution in [3.8, 4) is 0 Å². The number of nitrogens with one attached hydrogen (secondary N) is 2. The van der Waals surface area contributed by atoms with Crippen LogP contribution in [0.5, 0.6) is 0 Å². The lowest BCUT2D eigenvalue weighted by molar-refractivity contribution is -0.0262. The van der Waals surface area contributed by atoms with Crippen molar-refractivity contribution in [1.82, 2.24) is 25.4 Å². The fourth-order valence-corrected chi connectivity index (χ4v) is 7.56. The Kier molecular flexibility index (Phi) is 11.3. The number of piperidine rings is 2. The molecule has 2 aliphatic heterocycles. The molecule has 3 aromatic carbocycles. The third-order valence-corrected chi connectivity index (χ3v) is 10.6. The number of hydrogen-bond acceptors (Lipinski definition) is 5. The Balaban J connectivity index is 1.08. The quantitative estimate of drug-likeness (QED) is 0.171. The van der Waals surface area contributed by atoms with Crippen molar-refractivity contribution in [3.05, 3.63) is 137 Å². The summed E-state index contributed by atoms with van der Waals surface area (Å²) in [5.41, 5.74) is 2.64. The Morgan fingerprint density at radius 1 is 0.837 bits per heavy atom. The van der Waals surface area contributed by atoms with Gasteiger partial charge in [-0.15, -0.1) is 0 Å². The number of benzene rings is 3. The molecule has 0 bridgehead atoms. The molecule has 2 saturated heterocycles. The van der Waals surface area contributed by atoms with Crippen LogP contribution >= 0.6 is 11.6 Å². The number of carbonyl (C=O) groups excluding carboxylic acids is 2. The molecular formula is C40H46ClN5O3. The molecule has 6 rings (SSSR count). The molecule has 0 atom stereocenters. The standard InChI is InChI=1S/C40H46ClN5O3/c41-35-14-12-34(13-15-35)40(49)21-28-45(29-22-40)25-7-20-39(32-8-3-1-4-9-32,33-10-5-2-6-11-33)30-43-38(48)44-36-18-26-46(27-19-36)37(47)31-16-23-42-24-17-31/h1-6,8-17,23-24,36,49H,7,18-22,25-30H2,(H2,43,44,48). The van der Waals surface area contributed by atoms with Gasteiger partial charge in [0.15, 0.2) is 0 Å². The van der Waals surface area contributed by atoms with E-state index in [4.69, 9.17) is 11.6 Å². The molecule has 1 aromatic heterocycles. The van der Waals surface area contributed by atoms with Crippen LogP contribution in [0, 0.1) is 0 Å². The van der Waals surface area contributed by atoms with Crippen molar-refractivity contribution in [2.45, 2.75) is 55.6 Å². The minimum atomic E-state index is -0.831. The van der Waals surface area contributed by atoms with Gasteiger partial charge in [-0.2, -0.15) is 0 Å². The van der Waals surface area contributed by atoms with E-state index in [1.165, 1.54) is 11.1 Å². The summed E-state index contributed by atoms with van der Waals surface area (Å²) in [5.74, 6) is 0.00241. The van der Waals surface area contributed by atoms with Gasteiger partial charge in [0.25, 0.3) is 5.91 Å². The predicted octanol–water partition coefficient (Wildman–Crippen LogP) is 6.39. The van der Waals surface area contributed by atoms with E-state index in [0.29, 0.717) is 55.9 Å². The summed E-state index contributed by atoms with van der Waals surface area (Å²) in [6.45, 7) is 4.17. The number of aromatic nitrogens is 1. The molecule has 0 aliphatic carbocycles. The highest BCUT2D eigenvalue weighted by atomic mass is 35.5. The molecule has 3 N–H and O–H groups in total. The van der Waals surface area contributed by atoms with Crippen molar-refractivity contribution in [2.24, 2.45) is 0 Å². The Bertz CT molecular complexity index is 1600. The third kappa shape index (κ3) is 8.50. The van der Waals surface area contributed by atoms with Gasteiger partial charge in [0.1, 0.15) is 0 Å². The van der Waals surface area contributed by atoms with E-state index >= 15 is 0 Å². The average Bonchev–Trinajstić information content (AvgIpc) is 3.15. The second-order valence-electron chi connectivity index (χ2n) is 13.4. The normalized spacial score (nSPS) is 17.0. The van der Waals surface area contributed by atoms with Crippen LogP contribution in [0.15, 0.2) is 109 Å². The van der Waals surface area contributed by atoms with E-state index < -0.39 is 11.0 Å². The Morgan fingerprint density at radius 2 is 1.43 bits per heavy atom. The van der Waals surface area contributed by atoms with E-state index in [1.54, 1.807) is 24.5 Å². The zero-order valence-corrected chi connectivity index (χ0v) is 28.7. The second-order valence-corrected chi connectivity index (χ2v) is 13.9. The van der Waals surface area contributed by atoms with E-state index in [0.717, 1.165) is 38.0 Å². The molecule has 2 aliphatic rings. The molecule has 0 saturated carbocycles. The van der Waals surface area contributed by atoms with Gasteiger partial charge in [-0.3, -0.25) is 9.78 Å². The number of likely N-dealkylation sites (tertiary alicyclic amines) is 2. The van der Waals surface area contributed by atoms with E-state index in [2.05, 4.69) is 69.0 Å². The minimum Gasteiger partial charge on any atom is -0.385 e. The molecule has 3 heterocycles. The molecule has 0 unspecified atom stereocenters. The summed E-state index contributed by atoms with van der Waals surface area (Å²) in [4.78, 5) is 34.6. The molecule has 49 heavy (non-hydrogen) atoms. The van der Waals surface area contributed by atoms with Crippen molar-refractivity contribution in [2.75, 3.05) is 39.3 Å². The smallest absolute Gasteiger partial charge is 0.315 e. The molecule has 3 amide bonds. The number of rotatable bonds is 11. The lowest BCUT2D eigenvalue weighted by atomic mass is 9.71. The van der Waals surface area contributed by atoms with E-state index in [-0.39, 0.29) is 18.0 Å². The topological polar surface area (TPSA) is 97.8 Å². The van der Waals surface area contributed by atoms with E-state index in [9.17, 15) is 14.7 Å². The molecule has 0 radical (unpaired) electrons. The van der Waals surface area contributed by atoms with Gasteiger partial charge in [-0.25, -0.2) is 4.79 Å². The van der Waals surface area contributed by atoms with Gasteiger partial charge in [0, 0.05) is 67.2 Å². The predicted molar refractivity (Wildman–Crippen MR) is 194 cm³/mol. The number of urea groups is 1. The van der Waals surface area contributed by atoms with Gasteiger partial charge in [-0.05, 0) is 86.0 Å². The molecule has 256 valence electrons. The van der Waals surface area contributed by atoms with Crippen LogP contribution in [0.25, 0.3) is 0 Å². The molecule has 4 aromatic rings. The van der Waals surface area contributed by atoms with Crippen molar-refractivity contribution >= 4 is 23.5 Å². The van der Waals surface area contributed by atoms with Gasteiger partial charge in [0.05, 0.1) is 5.60 Å². The summed E-state index contributed by atoms with van der Waals surface area (Å²) in [5, 5.41) is 18.5. The highest BCUT2D eigenvalue weighted by molar-refractivity contribution is 6.30. The Morgan fingerprint density at radius 3 is 2.02 bits per heavy atom. The summed E-state index contributed by atoms with van der Waals surface area (Å²) in [7, 11) is 0. The average molecular weight is 680 g/mol. The number of amides is 3. The highest BCUT2D eigenvalue weighted by Crippen LogP contribution is 2.38. The monoisotopic (exact) mass is 679 g/mol. The number of aliphatic hydroxyl groups is 1. The summed E-state index contributed by atoms with van der Waals surface area (Å²) >= 11 is 6.09. The van der Waals surface area contributed by atoms with Crippen molar-refractivity contribution in [1.29, 1.82) is 0 Å². The number of pyridine rings is 1. The van der Waals surface area contributed by atoms with Crippen LogP contribution in [-0.2, 0) is 11.0 Å². The number of carbonyl (C=O) groups is 2. The van der Waals surface area contributed by atoms with Crippen LogP contribution in [0.4, 0.5) is 4.79 Å². The zero-order valence-electron chi connectivity index (χ0n) is 27.9. The second kappa shape index (κ2) is 16.0. The van der Waals surface area contributed by atoms with Gasteiger partial charge in [0.2, 0.25) is 0 Å². The summed E-state index contributed by atoms with van der Waals surface area (Å²) < 4.78 is 0. The van der Waals surface area contributed by atoms with Gasteiger partial charge in [-0.1, -0.05) is 84.4 Å². The van der Waals surface area contributed by atoms with Crippen LogP contribution in [0.1, 0.15) is 65.6 Å². The Hall–Kier alpha value is -4.24. The maximum atomic E-state index is 13.4. The Labute approximate surface area is 294 Å². The van der Waals surface area contributed by atoms with Gasteiger partial charge >= 0.3 is 6.03 Å². The first-order valence-corrected chi connectivity index (χ1v) is 17.8. The molecule has 9 heteroatoms. The number of nitrogens with zero attached hydrogens (tertiary/aromatic N) is 3. The lowest BCUT2D eigenvalue weighted by Crippen LogP contribution is -2.51. The fraction of sp³-hybridized carbons (Fsp3) is 0.375. The SMILES string of the molecule is O=C(NCC(CCCN1CCC(O)(c2ccc(Cl)cc2)CC1)(c1ccccc1)c1ccccc1)NC1CCN(C(=O)c2ccncc2)CC1. The zero-order chi connectivity index (χ0) is 34.1. The van der Waals surface area contributed by atoms with Crippen molar-refractivity contribution < 1.29 is 14.7 Å². The van der Waals surface area contributed by atoms with E-state index in [1.807, 2.05) is 41.3 Å². The highest BCUT2D eigenvalue weighted by Gasteiger charge is 2.37. The van der Waals surface area contributed by atoms with Crippen molar-refractivity contribution in [3.63, 3.8) is 0 Å². The van der Waals surface area contributed by atoms with Gasteiger partial charge < -0.3 is 25.5 Å². The molecular weight excluding hydrogens is 634 g/mol. The molecule has 0 spiro atoms.